The fourth-order valence-corrected chi connectivity index (χ4v) is 2.29. The molecule has 1 aliphatic rings. The third-order valence-electron chi connectivity index (χ3n) is 2.89. The molecule has 1 aliphatic heterocycles. The second-order valence-corrected chi connectivity index (χ2v) is 6.23. The van der Waals surface area contributed by atoms with Gasteiger partial charge in [0.1, 0.15) is 0 Å². The van der Waals surface area contributed by atoms with Gasteiger partial charge in [-0.05, 0) is 24.8 Å². The average Bonchev–Trinajstić information content (AvgIpc) is 2.18. The zero-order valence-corrected chi connectivity index (χ0v) is 11.8. The Kier molecular flexibility index (Phi) is 6.17. The predicted octanol–water partition coefficient (Wildman–Crippen LogP) is 2.76. The lowest BCUT2D eigenvalue weighted by Crippen LogP contribution is -2.41. The van der Waals surface area contributed by atoms with E-state index in [1.807, 2.05) is 0 Å². The maximum absolute atomic E-state index is 5.61. The van der Waals surface area contributed by atoms with E-state index in [4.69, 9.17) is 4.74 Å². The number of halogens is 1. The molecule has 2 nitrogen and oxygen atoms in total. The number of alkyl halides is 1. The summed E-state index contributed by atoms with van der Waals surface area (Å²) < 4.78 is 5.61. The smallest absolute Gasteiger partial charge is 0.0593 e. The molecule has 1 rings (SSSR count). The minimum Gasteiger partial charge on any atom is -0.380 e. The lowest BCUT2D eigenvalue weighted by Gasteiger charge is -2.34. The molecule has 0 spiro atoms. The monoisotopic (exact) mass is 277 g/mol. The molecule has 0 aromatic rings. The van der Waals surface area contributed by atoms with Gasteiger partial charge < -0.3 is 9.64 Å². The lowest BCUT2D eigenvalue weighted by atomic mass is 10.0. The van der Waals surface area contributed by atoms with Gasteiger partial charge in [-0.1, -0.05) is 36.7 Å². The van der Waals surface area contributed by atoms with E-state index in [1.54, 1.807) is 0 Å². The lowest BCUT2D eigenvalue weighted by molar-refractivity contribution is 0.0741. The van der Waals surface area contributed by atoms with E-state index < -0.39 is 0 Å². The van der Waals surface area contributed by atoms with Crippen molar-refractivity contribution in [3.05, 3.63) is 0 Å². The van der Waals surface area contributed by atoms with Crippen LogP contribution >= 0.6 is 15.9 Å². The summed E-state index contributed by atoms with van der Waals surface area (Å²) in [6, 6.07) is 0. The first-order valence-electron chi connectivity index (χ1n) is 6.03. The van der Waals surface area contributed by atoms with Gasteiger partial charge in [-0.25, -0.2) is 0 Å². The van der Waals surface area contributed by atoms with Crippen LogP contribution in [0.1, 0.15) is 27.2 Å². The molecule has 1 saturated heterocycles. The van der Waals surface area contributed by atoms with Crippen molar-refractivity contribution in [3.8, 4) is 0 Å². The second-order valence-electron chi connectivity index (χ2n) is 5.05. The molecule has 0 aromatic carbocycles. The number of nitrogens with zero attached hydrogens (tertiary/aromatic N) is 1. The minimum absolute atomic E-state index is 0.650. The molecule has 2 atom stereocenters. The Balaban J connectivity index is 2.07. The van der Waals surface area contributed by atoms with Gasteiger partial charge in [0, 0.05) is 24.5 Å². The van der Waals surface area contributed by atoms with Crippen molar-refractivity contribution >= 4 is 15.9 Å². The number of rotatable bonds is 5. The normalized spacial score (nSPS) is 28.6. The van der Waals surface area contributed by atoms with Crippen LogP contribution in [0.2, 0.25) is 0 Å². The summed E-state index contributed by atoms with van der Waals surface area (Å²) >= 11 is 3.72. The van der Waals surface area contributed by atoms with Crippen molar-refractivity contribution in [2.45, 2.75) is 32.0 Å². The van der Waals surface area contributed by atoms with E-state index in [0.29, 0.717) is 10.7 Å². The molecule has 90 valence electrons. The van der Waals surface area contributed by atoms with Gasteiger partial charge in [-0.2, -0.15) is 0 Å². The van der Waals surface area contributed by atoms with Crippen LogP contribution in [-0.4, -0.2) is 42.6 Å². The Hall–Kier alpha value is 0.400. The van der Waals surface area contributed by atoms with Crippen LogP contribution in [-0.2, 0) is 4.74 Å². The number of ether oxygens (including phenoxy) is 1. The highest BCUT2D eigenvalue weighted by molar-refractivity contribution is 9.09. The van der Waals surface area contributed by atoms with Crippen LogP contribution in [0.3, 0.4) is 0 Å². The third kappa shape index (κ3) is 5.32. The van der Waals surface area contributed by atoms with E-state index in [-0.39, 0.29) is 0 Å². The first kappa shape index (κ1) is 13.5. The predicted molar refractivity (Wildman–Crippen MR) is 68.6 cm³/mol. The molecule has 0 amide bonds. The summed E-state index contributed by atoms with van der Waals surface area (Å²) in [7, 11) is 0. The minimum atomic E-state index is 0.650. The number of piperidine rings is 1. The zero-order chi connectivity index (χ0) is 11.3. The third-order valence-corrected chi connectivity index (χ3v) is 4.25. The van der Waals surface area contributed by atoms with E-state index >= 15 is 0 Å². The van der Waals surface area contributed by atoms with E-state index in [9.17, 15) is 0 Å². The van der Waals surface area contributed by atoms with Crippen LogP contribution < -0.4 is 0 Å². The van der Waals surface area contributed by atoms with Gasteiger partial charge in [-0.15, -0.1) is 0 Å². The molecule has 0 bridgehead atoms. The highest BCUT2D eigenvalue weighted by Crippen LogP contribution is 2.22. The molecule has 0 aromatic heterocycles. The van der Waals surface area contributed by atoms with Crippen molar-refractivity contribution in [1.29, 1.82) is 0 Å². The Labute approximate surface area is 102 Å². The van der Waals surface area contributed by atoms with Gasteiger partial charge in [-0.3, -0.25) is 0 Å². The van der Waals surface area contributed by atoms with E-state index in [2.05, 4.69) is 41.6 Å². The van der Waals surface area contributed by atoms with Crippen LogP contribution in [0.5, 0.6) is 0 Å². The Morgan fingerprint density at radius 2 is 2.20 bits per heavy atom. The summed E-state index contributed by atoms with van der Waals surface area (Å²) in [6.07, 6.45) is 1.27. The molecular weight excluding hydrogens is 254 g/mol. The summed E-state index contributed by atoms with van der Waals surface area (Å²) in [5, 5.41) is 0. The summed E-state index contributed by atoms with van der Waals surface area (Å²) in [6.45, 7) is 12.0. The SMILES string of the molecule is CC(C)COCCN1CCC(Br)C(C)C1. The molecule has 1 fully saturated rings. The quantitative estimate of drug-likeness (QED) is 0.566. The molecule has 0 radical (unpaired) electrons. The Morgan fingerprint density at radius 1 is 1.47 bits per heavy atom. The molecule has 0 N–H and O–H groups in total. The maximum atomic E-state index is 5.61. The van der Waals surface area contributed by atoms with E-state index in [0.717, 1.165) is 25.7 Å². The average molecular weight is 278 g/mol. The first-order valence-corrected chi connectivity index (χ1v) is 6.95. The van der Waals surface area contributed by atoms with Crippen molar-refractivity contribution in [2.24, 2.45) is 11.8 Å². The first-order chi connectivity index (χ1) is 7.09. The second kappa shape index (κ2) is 6.87. The van der Waals surface area contributed by atoms with Gasteiger partial charge >= 0.3 is 0 Å². The number of likely N-dealkylation sites (tertiary alicyclic amines) is 1. The molecule has 3 heteroatoms. The van der Waals surface area contributed by atoms with Crippen LogP contribution in [0.4, 0.5) is 0 Å². The van der Waals surface area contributed by atoms with Crippen LogP contribution in [0.15, 0.2) is 0 Å². The van der Waals surface area contributed by atoms with Gasteiger partial charge in [0.2, 0.25) is 0 Å². The van der Waals surface area contributed by atoms with Crippen molar-refractivity contribution in [2.75, 3.05) is 32.8 Å². The Bertz CT molecular complexity index is 175. The number of hydrogen-bond acceptors (Lipinski definition) is 2. The fourth-order valence-electron chi connectivity index (χ4n) is 1.92. The maximum Gasteiger partial charge on any atom is 0.0593 e. The molecule has 0 saturated carbocycles. The topological polar surface area (TPSA) is 12.5 Å². The molecule has 1 heterocycles. The largest absolute Gasteiger partial charge is 0.380 e. The van der Waals surface area contributed by atoms with Crippen molar-refractivity contribution < 1.29 is 4.74 Å². The Morgan fingerprint density at radius 3 is 2.80 bits per heavy atom. The molecule has 0 aliphatic carbocycles. The molecule has 15 heavy (non-hydrogen) atoms. The highest BCUT2D eigenvalue weighted by atomic mass is 79.9. The number of hydrogen-bond donors (Lipinski definition) is 0. The van der Waals surface area contributed by atoms with Gasteiger partial charge in [0.05, 0.1) is 6.61 Å². The summed E-state index contributed by atoms with van der Waals surface area (Å²) in [4.78, 5) is 3.23. The van der Waals surface area contributed by atoms with Gasteiger partial charge in [0.15, 0.2) is 0 Å². The summed E-state index contributed by atoms with van der Waals surface area (Å²) in [5.41, 5.74) is 0. The standard InChI is InChI=1S/C12H24BrNO/c1-10(2)9-15-7-6-14-5-4-12(13)11(3)8-14/h10-12H,4-9H2,1-3H3. The van der Waals surface area contributed by atoms with E-state index in [1.165, 1.54) is 19.5 Å². The van der Waals surface area contributed by atoms with Crippen molar-refractivity contribution in [1.82, 2.24) is 4.90 Å². The fraction of sp³-hybridized carbons (Fsp3) is 1.00. The zero-order valence-electron chi connectivity index (χ0n) is 10.2. The molecular formula is C12H24BrNO. The van der Waals surface area contributed by atoms with Gasteiger partial charge in [0.25, 0.3) is 0 Å². The van der Waals surface area contributed by atoms with Crippen molar-refractivity contribution in [3.63, 3.8) is 0 Å². The summed E-state index contributed by atoms with van der Waals surface area (Å²) in [5.74, 6) is 1.42. The van der Waals surface area contributed by atoms with Crippen LogP contribution in [0.25, 0.3) is 0 Å². The van der Waals surface area contributed by atoms with Crippen LogP contribution in [0, 0.1) is 11.8 Å². The highest BCUT2D eigenvalue weighted by Gasteiger charge is 2.23. The molecule has 2 unspecified atom stereocenters.